The lowest BCUT2D eigenvalue weighted by atomic mass is 9.77. The van der Waals surface area contributed by atoms with E-state index < -0.39 is 6.10 Å². The van der Waals surface area contributed by atoms with Gasteiger partial charge in [0.15, 0.2) is 0 Å². The van der Waals surface area contributed by atoms with Gasteiger partial charge in [0.25, 0.3) is 0 Å². The van der Waals surface area contributed by atoms with Crippen molar-refractivity contribution in [1.29, 1.82) is 0 Å². The molecular weight excluding hydrogens is 272 g/mol. The van der Waals surface area contributed by atoms with E-state index in [0.29, 0.717) is 10.9 Å². The molecule has 3 nitrogen and oxygen atoms in total. The molecule has 1 saturated carbocycles. The minimum atomic E-state index is -0.459. The number of aliphatic hydroxyl groups is 1. The number of aliphatic hydroxyl groups excluding tert-OH is 1. The minimum Gasteiger partial charge on any atom is -0.386 e. The third-order valence-corrected chi connectivity index (χ3v) is 4.87. The zero-order valence-electron chi connectivity index (χ0n) is 12.7. The Morgan fingerprint density at radius 3 is 2.60 bits per heavy atom. The maximum absolute atomic E-state index is 10.7. The van der Waals surface area contributed by atoms with Crippen LogP contribution in [0.15, 0.2) is 6.20 Å². The number of rotatable bonds is 6. The zero-order valence-corrected chi connectivity index (χ0v) is 13.4. The first-order valence-corrected chi connectivity index (χ1v) is 8.44. The molecule has 114 valence electrons. The van der Waals surface area contributed by atoms with E-state index in [1.165, 1.54) is 25.7 Å². The van der Waals surface area contributed by atoms with Crippen LogP contribution in [-0.4, -0.2) is 14.9 Å². The summed E-state index contributed by atoms with van der Waals surface area (Å²) in [5.41, 5.74) is 0.826. The van der Waals surface area contributed by atoms with Crippen molar-refractivity contribution in [2.75, 3.05) is 0 Å². The monoisotopic (exact) mass is 298 g/mol. The molecule has 0 amide bonds. The van der Waals surface area contributed by atoms with Crippen LogP contribution in [0.3, 0.4) is 0 Å². The Hall–Kier alpha value is -0.540. The average Bonchev–Trinajstić information content (AvgIpc) is 2.81. The standard InChI is InChI=1S/C16H27ClN2O/c1-3-5-12-6-8-13(9-7-12)16(20)15-14(17)11-18-19(15)10-4-2/h11-13,16,20H,3-10H2,1-2H3. The van der Waals surface area contributed by atoms with Gasteiger partial charge < -0.3 is 5.11 Å². The lowest BCUT2D eigenvalue weighted by Crippen LogP contribution is -2.23. The van der Waals surface area contributed by atoms with Gasteiger partial charge >= 0.3 is 0 Å². The van der Waals surface area contributed by atoms with E-state index in [-0.39, 0.29) is 0 Å². The summed E-state index contributed by atoms with van der Waals surface area (Å²) >= 11 is 6.23. The number of aryl methyl sites for hydroxylation is 1. The van der Waals surface area contributed by atoms with E-state index in [1.807, 2.05) is 4.68 Å². The third kappa shape index (κ3) is 3.56. The maximum Gasteiger partial charge on any atom is 0.0999 e. The topological polar surface area (TPSA) is 38.1 Å². The molecule has 0 bridgehead atoms. The summed E-state index contributed by atoms with van der Waals surface area (Å²) in [5, 5.41) is 15.6. The molecule has 4 heteroatoms. The second-order valence-electron chi connectivity index (χ2n) is 6.12. The molecule has 0 aliphatic heterocycles. The number of nitrogens with zero attached hydrogens (tertiary/aromatic N) is 2. The van der Waals surface area contributed by atoms with Gasteiger partial charge in [0.2, 0.25) is 0 Å². The van der Waals surface area contributed by atoms with Crippen LogP contribution < -0.4 is 0 Å². The Kier molecular flexibility index (Phi) is 5.91. The maximum atomic E-state index is 10.7. The highest BCUT2D eigenvalue weighted by atomic mass is 35.5. The van der Waals surface area contributed by atoms with Crippen LogP contribution in [0, 0.1) is 11.8 Å². The van der Waals surface area contributed by atoms with Crippen LogP contribution in [0.25, 0.3) is 0 Å². The summed E-state index contributed by atoms with van der Waals surface area (Å²) in [6.07, 6.45) is 9.52. The fraction of sp³-hybridized carbons (Fsp3) is 0.812. The molecule has 1 atom stereocenters. The molecule has 1 aliphatic carbocycles. The Balaban J connectivity index is 2.01. The van der Waals surface area contributed by atoms with Crippen molar-refractivity contribution in [2.24, 2.45) is 11.8 Å². The molecule has 20 heavy (non-hydrogen) atoms. The summed E-state index contributed by atoms with van der Waals surface area (Å²) in [5.74, 6) is 1.20. The molecule has 1 fully saturated rings. The van der Waals surface area contributed by atoms with E-state index >= 15 is 0 Å². The van der Waals surface area contributed by atoms with Gasteiger partial charge in [-0.2, -0.15) is 5.10 Å². The molecule has 1 aromatic rings. The highest BCUT2D eigenvalue weighted by molar-refractivity contribution is 6.31. The van der Waals surface area contributed by atoms with Crippen molar-refractivity contribution in [3.8, 4) is 0 Å². The summed E-state index contributed by atoms with van der Waals surface area (Å²) in [7, 11) is 0. The molecule has 1 aliphatic rings. The van der Waals surface area contributed by atoms with Gasteiger partial charge in [0.1, 0.15) is 0 Å². The van der Waals surface area contributed by atoms with E-state index in [9.17, 15) is 5.11 Å². The Morgan fingerprint density at radius 2 is 2.00 bits per heavy atom. The Morgan fingerprint density at radius 1 is 1.30 bits per heavy atom. The third-order valence-electron chi connectivity index (χ3n) is 4.58. The number of hydrogen-bond donors (Lipinski definition) is 1. The second-order valence-corrected chi connectivity index (χ2v) is 6.52. The fourth-order valence-electron chi connectivity index (χ4n) is 3.48. The number of hydrogen-bond acceptors (Lipinski definition) is 2. The molecule has 1 aromatic heterocycles. The van der Waals surface area contributed by atoms with Gasteiger partial charge in [-0.05, 0) is 31.1 Å². The summed E-state index contributed by atoms with van der Waals surface area (Å²) in [4.78, 5) is 0. The molecule has 1 heterocycles. The summed E-state index contributed by atoms with van der Waals surface area (Å²) in [6, 6.07) is 0. The SMILES string of the molecule is CCCC1CCC(C(O)c2c(Cl)cnn2CCC)CC1. The quantitative estimate of drug-likeness (QED) is 0.834. The van der Waals surface area contributed by atoms with E-state index in [1.54, 1.807) is 6.20 Å². The average molecular weight is 299 g/mol. The Labute approximate surface area is 127 Å². The molecule has 0 saturated heterocycles. The highest BCUT2D eigenvalue weighted by Gasteiger charge is 2.30. The van der Waals surface area contributed by atoms with Gasteiger partial charge in [-0.25, -0.2) is 0 Å². The van der Waals surface area contributed by atoms with Crippen molar-refractivity contribution in [3.63, 3.8) is 0 Å². The van der Waals surface area contributed by atoms with Crippen LogP contribution in [-0.2, 0) is 6.54 Å². The molecule has 0 aromatic carbocycles. The van der Waals surface area contributed by atoms with Crippen LogP contribution in [0.1, 0.15) is 70.6 Å². The van der Waals surface area contributed by atoms with Crippen LogP contribution in [0.4, 0.5) is 0 Å². The lowest BCUT2D eigenvalue weighted by molar-refractivity contribution is 0.0650. The zero-order chi connectivity index (χ0) is 14.5. The smallest absolute Gasteiger partial charge is 0.0999 e. The van der Waals surface area contributed by atoms with Crippen molar-refractivity contribution in [2.45, 2.75) is 71.4 Å². The summed E-state index contributed by atoms with van der Waals surface area (Å²) < 4.78 is 1.88. The minimum absolute atomic E-state index is 0.341. The van der Waals surface area contributed by atoms with E-state index in [2.05, 4.69) is 18.9 Å². The van der Waals surface area contributed by atoms with Crippen molar-refractivity contribution >= 4 is 11.6 Å². The first-order valence-electron chi connectivity index (χ1n) is 8.06. The van der Waals surface area contributed by atoms with E-state index in [4.69, 9.17) is 11.6 Å². The normalized spacial score (nSPS) is 24.8. The van der Waals surface area contributed by atoms with Gasteiger partial charge in [-0.1, -0.05) is 51.1 Å². The van der Waals surface area contributed by atoms with Crippen LogP contribution in [0.2, 0.25) is 5.02 Å². The first kappa shape index (κ1) is 15.8. The molecule has 1 N–H and O–H groups in total. The Bertz CT molecular complexity index is 411. The first-order chi connectivity index (χ1) is 9.67. The lowest BCUT2D eigenvalue weighted by Gasteiger charge is -2.31. The largest absolute Gasteiger partial charge is 0.386 e. The van der Waals surface area contributed by atoms with Gasteiger partial charge in [0, 0.05) is 6.54 Å². The van der Waals surface area contributed by atoms with Crippen molar-refractivity contribution < 1.29 is 5.11 Å². The number of aromatic nitrogens is 2. The van der Waals surface area contributed by atoms with E-state index in [0.717, 1.165) is 37.4 Å². The van der Waals surface area contributed by atoms with Crippen molar-refractivity contribution in [3.05, 3.63) is 16.9 Å². The molecule has 1 unspecified atom stereocenters. The highest BCUT2D eigenvalue weighted by Crippen LogP contribution is 2.39. The molecule has 0 spiro atoms. The van der Waals surface area contributed by atoms with Gasteiger partial charge in [0.05, 0.1) is 23.0 Å². The molecule has 2 rings (SSSR count). The van der Waals surface area contributed by atoms with Crippen molar-refractivity contribution in [1.82, 2.24) is 9.78 Å². The second kappa shape index (κ2) is 7.46. The van der Waals surface area contributed by atoms with Gasteiger partial charge in [-0.3, -0.25) is 4.68 Å². The van der Waals surface area contributed by atoms with Crippen LogP contribution >= 0.6 is 11.6 Å². The molecular formula is C16H27ClN2O. The molecule has 0 radical (unpaired) electrons. The van der Waals surface area contributed by atoms with Gasteiger partial charge in [-0.15, -0.1) is 0 Å². The van der Waals surface area contributed by atoms with Crippen LogP contribution in [0.5, 0.6) is 0 Å². The predicted octanol–water partition coefficient (Wildman–Crippen LogP) is 4.59. The number of halogens is 1. The summed E-state index contributed by atoms with van der Waals surface area (Å²) in [6.45, 7) is 5.19. The fourth-order valence-corrected chi connectivity index (χ4v) is 3.73. The predicted molar refractivity (Wildman–Crippen MR) is 82.8 cm³/mol.